The number of nitrogens with zero attached hydrogens (tertiary/aromatic N) is 3. The fourth-order valence-corrected chi connectivity index (χ4v) is 4.62. The third-order valence-corrected chi connectivity index (χ3v) is 6.20. The molecule has 1 aromatic carbocycles. The predicted molar refractivity (Wildman–Crippen MR) is 113 cm³/mol. The van der Waals surface area contributed by atoms with Crippen molar-refractivity contribution in [2.24, 2.45) is 0 Å². The highest BCUT2D eigenvalue weighted by Crippen LogP contribution is 2.29. The molecule has 2 aliphatic rings. The number of H-pyrrole nitrogens is 1. The first kappa shape index (κ1) is 18.2. The van der Waals surface area contributed by atoms with Crippen LogP contribution in [-0.2, 0) is 0 Å². The number of nitrogens with one attached hydrogen (secondary N) is 1. The van der Waals surface area contributed by atoms with Crippen LogP contribution in [0.15, 0.2) is 30.3 Å². The Morgan fingerprint density at radius 2 is 1.41 bits per heavy atom. The number of rotatable bonds is 2. The maximum absolute atomic E-state index is 13.4. The average molecular weight is 390 g/mol. The standard InChI is InChI=1S/C23H26N4O2/c28-22(26-11-5-1-6-12-26)19-15-17-16-9-3-4-10-18(16)24-20(17)21(25-19)23(29)27-13-7-2-8-14-27/h3-4,9-10,15,24H,1-2,5-8,11-14H2. The van der Waals surface area contributed by atoms with Gasteiger partial charge < -0.3 is 14.8 Å². The minimum absolute atomic E-state index is 0.0652. The van der Waals surface area contributed by atoms with E-state index in [1.54, 1.807) is 0 Å². The van der Waals surface area contributed by atoms with Crippen LogP contribution in [0.5, 0.6) is 0 Å². The van der Waals surface area contributed by atoms with Crippen molar-refractivity contribution in [1.82, 2.24) is 19.8 Å². The molecule has 29 heavy (non-hydrogen) atoms. The van der Waals surface area contributed by atoms with Crippen LogP contribution in [0.1, 0.15) is 59.5 Å². The summed E-state index contributed by atoms with van der Waals surface area (Å²) in [7, 11) is 0. The second-order valence-corrected chi connectivity index (χ2v) is 8.15. The first-order chi connectivity index (χ1) is 14.2. The van der Waals surface area contributed by atoms with Crippen molar-refractivity contribution in [2.45, 2.75) is 38.5 Å². The van der Waals surface area contributed by atoms with Crippen molar-refractivity contribution >= 4 is 33.6 Å². The minimum Gasteiger partial charge on any atom is -0.353 e. The summed E-state index contributed by atoms with van der Waals surface area (Å²) >= 11 is 0. The van der Waals surface area contributed by atoms with Gasteiger partial charge in [-0.25, -0.2) is 4.98 Å². The highest BCUT2D eigenvalue weighted by Gasteiger charge is 2.27. The van der Waals surface area contributed by atoms with Gasteiger partial charge in [-0.3, -0.25) is 9.59 Å². The Labute approximate surface area is 169 Å². The number of carbonyl (C=O) groups is 2. The van der Waals surface area contributed by atoms with Gasteiger partial charge in [-0.15, -0.1) is 0 Å². The summed E-state index contributed by atoms with van der Waals surface area (Å²) in [4.78, 5) is 38.3. The molecule has 2 saturated heterocycles. The summed E-state index contributed by atoms with van der Waals surface area (Å²) in [6, 6.07) is 9.83. The van der Waals surface area contributed by atoms with E-state index in [-0.39, 0.29) is 11.8 Å². The lowest BCUT2D eigenvalue weighted by atomic mass is 10.1. The van der Waals surface area contributed by atoms with Gasteiger partial charge in [-0.1, -0.05) is 18.2 Å². The molecule has 2 aliphatic heterocycles. The zero-order valence-electron chi connectivity index (χ0n) is 16.6. The Balaban J connectivity index is 1.64. The lowest BCUT2D eigenvalue weighted by Crippen LogP contribution is -2.38. The van der Waals surface area contributed by atoms with Gasteiger partial charge in [0.25, 0.3) is 11.8 Å². The fraction of sp³-hybridized carbons (Fsp3) is 0.435. The second kappa shape index (κ2) is 7.50. The van der Waals surface area contributed by atoms with Crippen LogP contribution in [0.25, 0.3) is 21.8 Å². The number of pyridine rings is 1. The summed E-state index contributed by atoms with van der Waals surface area (Å²) in [5, 5.41) is 1.92. The van der Waals surface area contributed by atoms with Crippen molar-refractivity contribution < 1.29 is 9.59 Å². The van der Waals surface area contributed by atoms with E-state index in [9.17, 15) is 9.59 Å². The van der Waals surface area contributed by atoms with Gasteiger partial charge in [0.2, 0.25) is 0 Å². The third kappa shape index (κ3) is 3.26. The van der Waals surface area contributed by atoms with Crippen molar-refractivity contribution in [3.8, 4) is 0 Å². The van der Waals surface area contributed by atoms with Gasteiger partial charge >= 0.3 is 0 Å². The van der Waals surface area contributed by atoms with E-state index >= 15 is 0 Å². The predicted octanol–water partition coefficient (Wildman–Crippen LogP) is 3.97. The van der Waals surface area contributed by atoms with E-state index in [1.165, 1.54) is 0 Å². The van der Waals surface area contributed by atoms with Crippen LogP contribution >= 0.6 is 0 Å². The number of aromatic nitrogens is 2. The minimum atomic E-state index is -0.0745. The smallest absolute Gasteiger partial charge is 0.274 e. The Morgan fingerprint density at radius 1 is 0.793 bits per heavy atom. The van der Waals surface area contributed by atoms with Crippen molar-refractivity contribution in [3.63, 3.8) is 0 Å². The fourth-order valence-electron chi connectivity index (χ4n) is 4.62. The van der Waals surface area contributed by atoms with Crippen LogP contribution < -0.4 is 0 Å². The molecule has 1 N–H and O–H groups in total. The zero-order valence-corrected chi connectivity index (χ0v) is 16.6. The molecular formula is C23H26N4O2. The summed E-state index contributed by atoms with van der Waals surface area (Å²) < 4.78 is 0. The molecule has 0 atom stereocenters. The molecule has 4 heterocycles. The number of carbonyl (C=O) groups excluding carboxylic acids is 2. The summed E-state index contributed by atoms with van der Waals surface area (Å²) in [6.07, 6.45) is 6.42. The second-order valence-electron chi connectivity index (χ2n) is 8.15. The number of hydrogen-bond donors (Lipinski definition) is 1. The van der Waals surface area contributed by atoms with Crippen molar-refractivity contribution in [1.29, 1.82) is 0 Å². The molecule has 6 heteroatoms. The van der Waals surface area contributed by atoms with Crippen LogP contribution in [0.3, 0.4) is 0 Å². The van der Waals surface area contributed by atoms with Crippen LogP contribution in [0, 0.1) is 0 Å². The van der Waals surface area contributed by atoms with E-state index in [0.29, 0.717) is 11.4 Å². The number of piperidine rings is 2. The maximum Gasteiger partial charge on any atom is 0.274 e. The molecule has 3 aromatic rings. The molecule has 5 rings (SSSR count). The van der Waals surface area contributed by atoms with Gasteiger partial charge in [-0.05, 0) is 50.7 Å². The Hall–Kier alpha value is -2.89. The lowest BCUT2D eigenvalue weighted by molar-refractivity contribution is 0.0712. The summed E-state index contributed by atoms with van der Waals surface area (Å²) in [5.74, 6) is -0.140. The molecule has 6 nitrogen and oxygen atoms in total. The van der Waals surface area contributed by atoms with Gasteiger partial charge in [0.1, 0.15) is 5.69 Å². The number of aromatic amines is 1. The van der Waals surface area contributed by atoms with Crippen LogP contribution in [0.2, 0.25) is 0 Å². The highest BCUT2D eigenvalue weighted by molar-refractivity contribution is 6.15. The molecule has 0 aliphatic carbocycles. The van der Waals surface area contributed by atoms with E-state index in [4.69, 9.17) is 0 Å². The first-order valence-electron chi connectivity index (χ1n) is 10.7. The van der Waals surface area contributed by atoms with Crippen molar-refractivity contribution in [2.75, 3.05) is 26.2 Å². The molecule has 2 aromatic heterocycles. The monoisotopic (exact) mass is 390 g/mol. The largest absolute Gasteiger partial charge is 0.353 e. The molecule has 0 radical (unpaired) electrons. The molecule has 2 fully saturated rings. The van der Waals surface area contributed by atoms with Crippen molar-refractivity contribution in [3.05, 3.63) is 41.7 Å². The normalized spacial score (nSPS) is 17.8. The number of fused-ring (bicyclic) bond motifs is 3. The molecule has 0 unspecified atom stereocenters. The molecular weight excluding hydrogens is 364 g/mol. The van der Waals surface area contributed by atoms with Crippen LogP contribution in [0.4, 0.5) is 0 Å². The molecule has 150 valence electrons. The SMILES string of the molecule is O=C(c1cc2c([nH]c3ccccc32)c(C(=O)N2CCCCC2)n1)N1CCCCC1. The van der Waals surface area contributed by atoms with E-state index in [1.807, 2.05) is 40.1 Å². The van der Waals surface area contributed by atoms with E-state index in [0.717, 1.165) is 86.5 Å². The number of benzene rings is 1. The van der Waals surface area contributed by atoms with Gasteiger partial charge in [0.05, 0.1) is 5.52 Å². The Bertz CT molecular complexity index is 1080. The highest BCUT2D eigenvalue weighted by atomic mass is 16.2. The van der Waals surface area contributed by atoms with Crippen LogP contribution in [-0.4, -0.2) is 57.8 Å². The maximum atomic E-state index is 13.4. The quantitative estimate of drug-likeness (QED) is 0.720. The lowest BCUT2D eigenvalue weighted by Gasteiger charge is -2.28. The summed E-state index contributed by atoms with van der Waals surface area (Å²) in [5.41, 5.74) is 2.45. The average Bonchev–Trinajstić information content (AvgIpc) is 3.17. The molecule has 2 amide bonds. The number of likely N-dealkylation sites (tertiary alicyclic amines) is 2. The van der Waals surface area contributed by atoms with E-state index < -0.39 is 0 Å². The molecule has 0 saturated carbocycles. The third-order valence-electron chi connectivity index (χ3n) is 6.20. The summed E-state index contributed by atoms with van der Waals surface area (Å²) in [6.45, 7) is 3.04. The first-order valence-corrected chi connectivity index (χ1v) is 10.7. The van der Waals surface area contributed by atoms with E-state index in [2.05, 4.69) is 9.97 Å². The topological polar surface area (TPSA) is 69.3 Å². The van der Waals surface area contributed by atoms with Gasteiger partial charge in [0.15, 0.2) is 5.69 Å². The molecule has 0 spiro atoms. The molecule has 0 bridgehead atoms. The Kier molecular flexibility index (Phi) is 4.70. The van der Waals surface area contributed by atoms with Gasteiger partial charge in [0, 0.05) is 42.5 Å². The number of hydrogen-bond acceptors (Lipinski definition) is 3. The number of amides is 2. The number of para-hydroxylation sites is 1. The Morgan fingerprint density at radius 3 is 2.10 bits per heavy atom. The van der Waals surface area contributed by atoms with Gasteiger partial charge in [-0.2, -0.15) is 0 Å². The zero-order chi connectivity index (χ0) is 19.8.